The Morgan fingerprint density at radius 2 is 1.81 bits per heavy atom. The Labute approximate surface area is 215 Å². The molecule has 0 saturated carbocycles. The van der Waals surface area contributed by atoms with Crippen molar-refractivity contribution in [2.45, 2.75) is 62.8 Å². The summed E-state index contributed by atoms with van der Waals surface area (Å²) in [6, 6.07) is 10.1. The van der Waals surface area contributed by atoms with E-state index in [0.29, 0.717) is 29.8 Å². The number of aromatic nitrogens is 4. The van der Waals surface area contributed by atoms with E-state index in [1.165, 1.54) is 11.6 Å². The van der Waals surface area contributed by atoms with Gasteiger partial charge in [-0.25, -0.2) is 9.78 Å². The number of fused-ring (bicyclic) bond motifs is 3. The number of imidazole rings is 1. The van der Waals surface area contributed by atoms with E-state index < -0.39 is 5.92 Å². The van der Waals surface area contributed by atoms with Crippen LogP contribution in [0.25, 0.3) is 11.2 Å². The minimum absolute atomic E-state index is 0.129. The number of aryl methyl sites for hydroxylation is 2. The third-order valence-electron chi connectivity index (χ3n) is 8.78. The smallest absolute Gasteiger partial charge is 0.332 e. The molecule has 2 aliphatic heterocycles. The molecule has 5 rings (SSSR count). The predicted molar refractivity (Wildman–Crippen MR) is 138 cm³/mol. The summed E-state index contributed by atoms with van der Waals surface area (Å²) in [6.07, 6.45) is 6.24. The fourth-order valence-corrected chi connectivity index (χ4v) is 6.55. The first-order valence-corrected chi connectivity index (χ1v) is 13.1. The van der Waals surface area contributed by atoms with Crippen molar-refractivity contribution in [3.05, 3.63) is 63.1 Å². The first kappa shape index (κ1) is 25.4. The number of hydrogen-bond acceptors (Lipinski definition) is 6. The number of aliphatic hydroxyl groups excluding tert-OH is 1. The highest BCUT2D eigenvalue weighted by molar-refractivity contribution is 5.78. The number of esters is 1. The summed E-state index contributed by atoms with van der Waals surface area (Å²) in [4.78, 5) is 42.2. The molecular weight excluding hydrogens is 474 g/mol. The minimum Gasteiger partial charge on any atom is -0.461 e. The molecule has 0 radical (unpaired) electrons. The van der Waals surface area contributed by atoms with Crippen molar-refractivity contribution in [1.82, 2.24) is 18.7 Å². The predicted octanol–water partition coefficient (Wildman–Crippen LogP) is 1.28. The molecule has 2 aliphatic rings. The van der Waals surface area contributed by atoms with E-state index in [2.05, 4.69) is 12.0 Å². The maximum atomic E-state index is 12.9. The van der Waals surface area contributed by atoms with Gasteiger partial charge in [0.25, 0.3) is 5.56 Å². The topological polar surface area (TPSA) is 108 Å². The van der Waals surface area contributed by atoms with Crippen molar-refractivity contribution in [2.75, 3.05) is 20.2 Å². The van der Waals surface area contributed by atoms with Crippen LogP contribution in [0.3, 0.4) is 0 Å². The fraction of sp³-hybridized carbons (Fsp3) is 0.556. The molecule has 3 aromatic rings. The molecule has 4 heterocycles. The molecule has 3 atom stereocenters. The standard InChI is InChI=1S/C27H36N5O5/c1-29-24-23(25(34)30(2)27(29)36)31(17-28-24)12-7-13-32(3)19-10-11-20(32)15-21(14-19)37-26(35)22(16-33)18-8-5-4-6-9-18/h4-6,8-9,17,19-22,33H,7,10-16H2,1-3H3/q+1. The molecule has 1 N–H and O–H groups in total. The number of aliphatic hydroxyl groups is 1. The highest BCUT2D eigenvalue weighted by Crippen LogP contribution is 2.42. The van der Waals surface area contributed by atoms with Gasteiger partial charge in [-0.2, -0.15) is 0 Å². The summed E-state index contributed by atoms with van der Waals surface area (Å²) >= 11 is 0. The quantitative estimate of drug-likeness (QED) is 0.361. The minimum atomic E-state index is -0.654. The van der Waals surface area contributed by atoms with Gasteiger partial charge in [0.15, 0.2) is 11.2 Å². The van der Waals surface area contributed by atoms with Crippen LogP contribution < -0.4 is 11.2 Å². The SMILES string of the molecule is Cn1c(=O)c2c(ncn2CCC[N+]2(C)C3CCC2CC(OC(=O)C(CO)c2ccccc2)C3)n(C)c1=O. The van der Waals surface area contributed by atoms with Gasteiger partial charge in [-0.3, -0.25) is 18.7 Å². The van der Waals surface area contributed by atoms with Crippen LogP contribution in [0.2, 0.25) is 0 Å². The highest BCUT2D eigenvalue weighted by Gasteiger charge is 2.52. The fourth-order valence-electron chi connectivity index (χ4n) is 6.55. The second-order valence-corrected chi connectivity index (χ2v) is 10.8. The van der Waals surface area contributed by atoms with Gasteiger partial charge in [0.05, 0.1) is 38.6 Å². The van der Waals surface area contributed by atoms with Crippen LogP contribution in [-0.4, -0.2) is 72.6 Å². The van der Waals surface area contributed by atoms with Crippen LogP contribution in [-0.2, 0) is 30.2 Å². The van der Waals surface area contributed by atoms with Crippen LogP contribution in [0.1, 0.15) is 43.6 Å². The number of nitrogens with zero attached hydrogens (tertiary/aromatic N) is 5. The molecule has 2 bridgehead atoms. The number of piperidine rings is 1. The number of rotatable bonds is 8. The Hall–Kier alpha value is -3.24. The third kappa shape index (κ3) is 4.42. The normalized spacial score (nSPS) is 25.9. The number of hydrogen-bond donors (Lipinski definition) is 1. The molecule has 3 unspecified atom stereocenters. The maximum absolute atomic E-state index is 12.9. The Kier molecular flexibility index (Phi) is 6.80. The molecule has 0 amide bonds. The first-order chi connectivity index (χ1) is 17.7. The number of quaternary nitrogens is 1. The van der Waals surface area contributed by atoms with Gasteiger partial charge >= 0.3 is 11.7 Å². The number of ether oxygens (including phenoxy) is 1. The Morgan fingerprint density at radius 3 is 2.46 bits per heavy atom. The molecule has 2 fully saturated rings. The Bertz CT molecular complexity index is 1390. The van der Waals surface area contributed by atoms with Gasteiger partial charge in [-0.15, -0.1) is 0 Å². The monoisotopic (exact) mass is 510 g/mol. The van der Waals surface area contributed by atoms with Crippen molar-refractivity contribution < 1.29 is 19.1 Å². The highest BCUT2D eigenvalue weighted by atomic mass is 16.5. The zero-order valence-electron chi connectivity index (χ0n) is 21.7. The van der Waals surface area contributed by atoms with Crippen molar-refractivity contribution in [3.8, 4) is 0 Å². The molecule has 0 aliphatic carbocycles. The maximum Gasteiger partial charge on any atom is 0.332 e. The zero-order valence-corrected chi connectivity index (χ0v) is 21.7. The average molecular weight is 511 g/mol. The summed E-state index contributed by atoms with van der Waals surface area (Å²) in [7, 11) is 5.42. The molecule has 10 heteroatoms. The molecule has 198 valence electrons. The van der Waals surface area contributed by atoms with E-state index in [4.69, 9.17) is 4.74 Å². The molecule has 10 nitrogen and oxygen atoms in total. The summed E-state index contributed by atoms with van der Waals surface area (Å²) in [5, 5.41) is 9.83. The van der Waals surface area contributed by atoms with E-state index >= 15 is 0 Å². The lowest BCUT2D eigenvalue weighted by atomic mass is 9.95. The van der Waals surface area contributed by atoms with Crippen LogP contribution in [0.5, 0.6) is 0 Å². The average Bonchev–Trinajstić information content (AvgIpc) is 3.35. The number of carbonyl (C=O) groups is 1. The lowest BCUT2D eigenvalue weighted by Gasteiger charge is -2.47. The molecule has 37 heavy (non-hydrogen) atoms. The summed E-state index contributed by atoms with van der Waals surface area (Å²) in [5.41, 5.74) is 0.937. The summed E-state index contributed by atoms with van der Waals surface area (Å²) in [5.74, 6) is -1.00. The van der Waals surface area contributed by atoms with Crippen LogP contribution in [0, 0.1) is 0 Å². The molecule has 1 aromatic carbocycles. The van der Waals surface area contributed by atoms with Crippen LogP contribution in [0.15, 0.2) is 46.2 Å². The van der Waals surface area contributed by atoms with Gasteiger partial charge < -0.3 is 18.9 Å². The van der Waals surface area contributed by atoms with Crippen molar-refractivity contribution in [2.24, 2.45) is 14.1 Å². The lowest BCUT2D eigenvalue weighted by molar-refractivity contribution is -0.949. The van der Waals surface area contributed by atoms with Crippen molar-refractivity contribution in [3.63, 3.8) is 0 Å². The van der Waals surface area contributed by atoms with Crippen LogP contribution in [0.4, 0.5) is 0 Å². The second-order valence-electron chi connectivity index (χ2n) is 10.8. The molecular formula is C27H36N5O5+. The third-order valence-corrected chi connectivity index (χ3v) is 8.78. The zero-order chi connectivity index (χ0) is 26.3. The summed E-state index contributed by atoms with van der Waals surface area (Å²) in [6.45, 7) is 1.33. The van der Waals surface area contributed by atoms with Gasteiger partial charge in [0.2, 0.25) is 0 Å². The van der Waals surface area contributed by atoms with Gasteiger partial charge in [0.1, 0.15) is 12.0 Å². The second kappa shape index (κ2) is 9.90. The Morgan fingerprint density at radius 1 is 1.14 bits per heavy atom. The van der Waals surface area contributed by atoms with Crippen molar-refractivity contribution in [1.29, 1.82) is 0 Å². The van der Waals surface area contributed by atoms with Crippen LogP contribution >= 0.6 is 0 Å². The van der Waals surface area contributed by atoms with Gasteiger partial charge in [0, 0.05) is 52.7 Å². The van der Waals surface area contributed by atoms with E-state index in [-0.39, 0.29) is 29.9 Å². The van der Waals surface area contributed by atoms with Gasteiger partial charge in [-0.05, 0) is 5.56 Å². The van der Waals surface area contributed by atoms with E-state index in [0.717, 1.165) is 53.3 Å². The number of carbonyl (C=O) groups excluding carboxylic acids is 1. The first-order valence-electron chi connectivity index (χ1n) is 13.1. The number of benzene rings is 1. The molecule has 2 aromatic heterocycles. The van der Waals surface area contributed by atoms with E-state index in [1.54, 1.807) is 13.4 Å². The Balaban J connectivity index is 1.23. The molecule has 0 spiro atoms. The van der Waals surface area contributed by atoms with Crippen molar-refractivity contribution >= 4 is 17.1 Å². The largest absolute Gasteiger partial charge is 0.461 e. The van der Waals surface area contributed by atoms with E-state index in [9.17, 15) is 19.5 Å². The summed E-state index contributed by atoms with van der Waals surface area (Å²) < 4.78 is 11.3. The van der Waals surface area contributed by atoms with E-state index in [1.807, 2.05) is 34.9 Å². The van der Waals surface area contributed by atoms with Gasteiger partial charge in [-0.1, -0.05) is 30.3 Å². The molecule has 2 saturated heterocycles. The lowest BCUT2D eigenvalue weighted by Crippen LogP contribution is -2.59.